The highest BCUT2D eigenvalue weighted by atomic mass is 32.1. The molecule has 1 aromatic heterocycles. The molecule has 2 heterocycles. The van der Waals surface area contributed by atoms with E-state index in [1.165, 1.54) is 11.3 Å². The lowest BCUT2D eigenvalue weighted by Crippen LogP contribution is -2.35. The minimum Gasteiger partial charge on any atom is -0.410 e. The number of hydrogen-bond acceptors (Lipinski definition) is 6. The summed E-state index contributed by atoms with van der Waals surface area (Å²) in [5, 5.41) is 3.29. The lowest BCUT2D eigenvalue weighted by Gasteiger charge is -2.26. The molecular weight excluding hydrogens is 374 g/mol. The number of para-hydroxylation sites is 1. The van der Waals surface area contributed by atoms with Crippen molar-refractivity contribution in [2.45, 2.75) is 6.54 Å². The summed E-state index contributed by atoms with van der Waals surface area (Å²) in [5.74, 6) is 0.494. The molecule has 0 aliphatic carbocycles. The van der Waals surface area contributed by atoms with Gasteiger partial charge in [-0.1, -0.05) is 59.9 Å². The number of amides is 1. The summed E-state index contributed by atoms with van der Waals surface area (Å²) in [6, 6.07) is 19.0. The number of carbonyl (C=O) groups excluding carboxylic acids is 1. The zero-order chi connectivity index (χ0) is 19.2. The number of anilines is 1. The van der Waals surface area contributed by atoms with Crippen molar-refractivity contribution in [3.05, 3.63) is 65.5 Å². The highest BCUT2D eigenvalue weighted by Gasteiger charge is 2.19. The van der Waals surface area contributed by atoms with E-state index in [0.717, 1.165) is 49.0 Å². The zero-order valence-corrected chi connectivity index (χ0v) is 16.2. The third kappa shape index (κ3) is 4.75. The van der Waals surface area contributed by atoms with Gasteiger partial charge in [0, 0.05) is 30.1 Å². The average Bonchev–Trinajstić information content (AvgIpc) is 3.12. The van der Waals surface area contributed by atoms with Gasteiger partial charge in [-0.3, -0.25) is 10.2 Å². The topological polar surface area (TPSA) is 63.7 Å². The maximum Gasteiger partial charge on any atom is 0.418 e. The van der Waals surface area contributed by atoms with Gasteiger partial charge in [0.2, 0.25) is 0 Å². The molecule has 1 aliphatic rings. The number of morpholine rings is 1. The second-order valence-corrected chi connectivity index (χ2v) is 7.46. The average molecular weight is 395 g/mol. The van der Waals surface area contributed by atoms with Gasteiger partial charge < -0.3 is 9.47 Å². The number of hydrogen-bond donors (Lipinski definition) is 1. The number of aromatic nitrogens is 1. The Morgan fingerprint density at radius 2 is 1.75 bits per heavy atom. The molecule has 0 saturated carbocycles. The first-order valence-electron chi connectivity index (χ1n) is 9.17. The lowest BCUT2D eigenvalue weighted by atomic mass is 10.1. The van der Waals surface area contributed by atoms with Crippen LogP contribution in [-0.4, -0.2) is 42.3 Å². The van der Waals surface area contributed by atoms with Crippen LogP contribution in [0.4, 0.5) is 9.93 Å². The van der Waals surface area contributed by atoms with Crippen LogP contribution in [-0.2, 0) is 11.3 Å². The predicted octanol–water partition coefficient (Wildman–Crippen LogP) is 4.25. The van der Waals surface area contributed by atoms with E-state index < -0.39 is 6.09 Å². The fourth-order valence-corrected chi connectivity index (χ4v) is 4.02. The third-order valence-corrected chi connectivity index (χ3v) is 5.33. The Balaban J connectivity index is 1.53. The van der Waals surface area contributed by atoms with E-state index in [2.05, 4.69) is 15.2 Å². The van der Waals surface area contributed by atoms with Crippen molar-refractivity contribution >= 4 is 22.6 Å². The van der Waals surface area contributed by atoms with Crippen LogP contribution in [0.1, 0.15) is 4.88 Å². The van der Waals surface area contributed by atoms with E-state index in [9.17, 15) is 4.79 Å². The summed E-state index contributed by atoms with van der Waals surface area (Å²) in [6.45, 7) is 4.05. The van der Waals surface area contributed by atoms with E-state index in [4.69, 9.17) is 9.47 Å². The summed E-state index contributed by atoms with van der Waals surface area (Å²) in [6.07, 6.45) is -0.544. The standard InChI is InChI=1S/C21H21N3O3S/c25-21(27-17-9-5-2-6-10-17)23-20-22-19(16-7-3-1-4-8-16)18(28-20)15-24-11-13-26-14-12-24/h1-10H,11-15H2,(H,22,23,25). The van der Waals surface area contributed by atoms with Crippen molar-refractivity contribution in [2.24, 2.45) is 0 Å². The molecule has 28 heavy (non-hydrogen) atoms. The fraction of sp³-hybridized carbons (Fsp3) is 0.238. The number of ether oxygens (including phenoxy) is 2. The molecule has 0 spiro atoms. The van der Waals surface area contributed by atoms with E-state index in [-0.39, 0.29) is 0 Å². The van der Waals surface area contributed by atoms with E-state index in [1.54, 1.807) is 12.1 Å². The summed E-state index contributed by atoms with van der Waals surface area (Å²) in [4.78, 5) is 20.4. The molecule has 3 aromatic rings. The van der Waals surface area contributed by atoms with Gasteiger partial charge in [-0.05, 0) is 12.1 Å². The lowest BCUT2D eigenvalue weighted by molar-refractivity contribution is 0.0347. The van der Waals surface area contributed by atoms with Crippen molar-refractivity contribution < 1.29 is 14.3 Å². The van der Waals surface area contributed by atoms with Crippen molar-refractivity contribution in [1.29, 1.82) is 0 Å². The molecule has 7 heteroatoms. The van der Waals surface area contributed by atoms with E-state index in [0.29, 0.717) is 10.9 Å². The van der Waals surface area contributed by atoms with Gasteiger partial charge in [0.1, 0.15) is 5.75 Å². The first-order valence-corrected chi connectivity index (χ1v) is 9.99. The quantitative estimate of drug-likeness (QED) is 0.700. The highest BCUT2D eigenvalue weighted by molar-refractivity contribution is 7.16. The van der Waals surface area contributed by atoms with Crippen molar-refractivity contribution in [1.82, 2.24) is 9.88 Å². The molecular formula is C21H21N3O3S. The summed E-state index contributed by atoms with van der Waals surface area (Å²) >= 11 is 1.48. The van der Waals surface area contributed by atoms with Crippen LogP contribution in [0, 0.1) is 0 Å². The molecule has 1 aliphatic heterocycles. The molecule has 0 bridgehead atoms. The molecule has 6 nitrogen and oxygen atoms in total. The normalized spacial score (nSPS) is 14.6. The molecule has 0 radical (unpaired) electrons. The minimum absolute atomic E-state index is 0.494. The molecule has 1 saturated heterocycles. The van der Waals surface area contributed by atoms with Crippen LogP contribution < -0.4 is 10.1 Å². The molecule has 0 unspecified atom stereocenters. The molecule has 144 valence electrons. The Morgan fingerprint density at radius 1 is 1.07 bits per heavy atom. The van der Waals surface area contributed by atoms with Crippen LogP contribution in [0.5, 0.6) is 5.75 Å². The SMILES string of the molecule is O=C(Nc1nc(-c2ccccc2)c(CN2CCOCC2)s1)Oc1ccccc1. The van der Waals surface area contributed by atoms with Crippen LogP contribution in [0.3, 0.4) is 0 Å². The van der Waals surface area contributed by atoms with Crippen molar-refractivity contribution in [3.63, 3.8) is 0 Å². The minimum atomic E-state index is -0.544. The highest BCUT2D eigenvalue weighted by Crippen LogP contribution is 2.32. The van der Waals surface area contributed by atoms with Gasteiger partial charge in [0.25, 0.3) is 0 Å². The van der Waals surface area contributed by atoms with Gasteiger partial charge >= 0.3 is 6.09 Å². The first-order chi connectivity index (χ1) is 13.8. The molecule has 4 rings (SSSR count). The predicted molar refractivity (Wildman–Crippen MR) is 110 cm³/mol. The second kappa shape index (κ2) is 8.97. The van der Waals surface area contributed by atoms with Crippen molar-refractivity contribution in [2.75, 3.05) is 31.6 Å². The first kappa shape index (κ1) is 18.6. The van der Waals surface area contributed by atoms with Crippen molar-refractivity contribution in [3.8, 4) is 17.0 Å². The van der Waals surface area contributed by atoms with E-state index in [1.807, 2.05) is 48.5 Å². The second-order valence-electron chi connectivity index (χ2n) is 6.37. The molecule has 0 atom stereocenters. The Kier molecular flexibility index (Phi) is 5.96. The summed E-state index contributed by atoms with van der Waals surface area (Å²) < 4.78 is 10.8. The molecule has 1 fully saturated rings. The number of nitrogens with one attached hydrogen (secondary N) is 1. The van der Waals surface area contributed by atoms with Crippen LogP contribution >= 0.6 is 11.3 Å². The number of carbonyl (C=O) groups is 1. The van der Waals surface area contributed by atoms with Gasteiger partial charge in [0.15, 0.2) is 5.13 Å². The number of benzene rings is 2. The summed E-state index contributed by atoms with van der Waals surface area (Å²) in [7, 11) is 0. The fourth-order valence-electron chi connectivity index (χ4n) is 3.00. The largest absolute Gasteiger partial charge is 0.418 e. The van der Waals surface area contributed by atoms with Gasteiger partial charge in [-0.2, -0.15) is 0 Å². The number of nitrogens with zero attached hydrogens (tertiary/aromatic N) is 2. The third-order valence-electron chi connectivity index (χ3n) is 4.38. The number of rotatable bonds is 5. The Bertz CT molecular complexity index is 909. The Morgan fingerprint density at radius 3 is 2.46 bits per heavy atom. The molecule has 1 N–H and O–H groups in total. The smallest absolute Gasteiger partial charge is 0.410 e. The van der Waals surface area contributed by atoms with Crippen LogP contribution in [0.15, 0.2) is 60.7 Å². The van der Waals surface area contributed by atoms with Gasteiger partial charge in [0.05, 0.1) is 18.9 Å². The molecule has 1 amide bonds. The zero-order valence-electron chi connectivity index (χ0n) is 15.3. The Labute approximate surface area is 167 Å². The van der Waals surface area contributed by atoms with E-state index >= 15 is 0 Å². The Hall–Kier alpha value is -2.74. The van der Waals surface area contributed by atoms with Crippen LogP contribution in [0.2, 0.25) is 0 Å². The molecule has 2 aromatic carbocycles. The summed E-state index contributed by atoms with van der Waals surface area (Å²) in [5.41, 5.74) is 1.93. The van der Waals surface area contributed by atoms with Gasteiger partial charge in [-0.15, -0.1) is 0 Å². The maximum absolute atomic E-state index is 12.2. The van der Waals surface area contributed by atoms with Gasteiger partial charge in [-0.25, -0.2) is 9.78 Å². The monoisotopic (exact) mass is 395 g/mol. The number of thiazole rings is 1. The maximum atomic E-state index is 12.2. The van der Waals surface area contributed by atoms with Crippen LogP contribution in [0.25, 0.3) is 11.3 Å².